The minimum atomic E-state index is -0.811. The van der Waals surface area contributed by atoms with E-state index in [1.807, 2.05) is 4.90 Å². The molecule has 1 fully saturated rings. The molecule has 6 heteroatoms. The number of carbonyl (C=O) groups is 2. The summed E-state index contributed by atoms with van der Waals surface area (Å²) >= 11 is 3.26. The lowest BCUT2D eigenvalue weighted by Crippen LogP contribution is -2.44. The maximum atomic E-state index is 12.5. The highest BCUT2D eigenvalue weighted by molar-refractivity contribution is 9.10. The summed E-state index contributed by atoms with van der Waals surface area (Å²) in [5, 5.41) is 8.80. The molecule has 20 heavy (non-hydrogen) atoms. The number of carboxylic acids is 1. The molecule has 1 aromatic rings. The zero-order chi connectivity index (χ0) is 14.5. The molecule has 2 heterocycles. The van der Waals surface area contributed by atoms with Crippen LogP contribution in [0.4, 0.5) is 0 Å². The summed E-state index contributed by atoms with van der Waals surface area (Å²) in [6.07, 6.45) is 5.12. The number of halogens is 1. The highest BCUT2D eigenvalue weighted by Crippen LogP contribution is 2.23. The van der Waals surface area contributed by atoms with Gasteiger partial charge in [0.25, 0.3) is 5.91 Å². The molecule has 0 radical (unpaired) electrons. The van der Waals surface area contributed by atoms with E-state index in [-0.39, 0.29) is 18.4 Å². The van der Waals surface area contributed by atoms with Crippen molar-refractivity contribution in [1.82, 2.24) is 9.88 Å². The van der Waals surface area contributed by atoms with Crippen LogP contribution in [0.3, 0.4) is 0 Å². The summed E-state index contributed by atoms with van der Waals surface area (Å²) in [4.78, 5) is 29.1. The van der Waals surface area contributed by atoms with Gasteiger partial charge in [-0.15, -0.1) is 0 Å². The Morgan fingerprint density at radius 1 is 1.45 bits per heavy atom. The van der Waals surface area contributed by atoms with Gasteiger partial charge in [0.1, 0.15) is 4.60 Å². The number of pyridine rings is 1. The van der Waals surface area contributed by atoms with E-state index < -0.39 is 5.97 Å². The number of hydrogen-bond acceptors (Lipinski definition) is 3. The molecule has 5 nitrogen and oxygen atoms in total. The molecule has 0 spiro atoms. The number of hydrogen-bond donors (Lipinski definition) is 1. The van der Waals surface area contributed by atoms with Crippen molar-refractivity contribution in [2.75, 3.05) is 6.54 Å². The van der Waals surface area contributed by atoms with E-state index in [1.54, 1.807) is 18.3 Å². The number of likely N-dealkylation sites (tertiary alicyclic amines) is 1. The van der Waals surface area contributed by atoms with Crippen molar-refractivity contribution in [3.05, 3.63) is 28.5 Å². The Morgan fingerprint density at radius 2 is 2.25 bits per heavy atom. The fourth-order valence-electron chi connectivity index (χ4n) is 2.56. The number of carboxylic acid groups (broad SMARTS) is 1. The quantitative estimate of drug-likeness (QED) is 0.855. The molecule has 1 unspecified atom stereocenters. The van der Waals surface area contributed by atoms with Crippen LogP contribution in [0.2, 0.25) is 0 Å². The normalized spacial score (nSPS) is 18.9. The van der Waals surface area contributed by atoms with Gasteiger partial charge in [0.05, 0.1) is 0 Å². The molecule has 1 saturated heterocycles. The third kappa shape index (κ3) is 3.79. The molecular formula is C14H17BrN2O3. The Balaban J connectivity index is 2.10. The first-order valence-corrected chi connectivity index (χ1v) is 7.51. The Kier molecular flexibility index (Phi) is 5.11. The van der Waals surface area contributed by atoms with Crippen molar-refractivity contribution in [2.45, 2.75) is 38.1 Å². The van der Waals surface area contributed by atoms with Gasteiger partial charge in [0.2, 0.25) is 0 Å². The summed E-state index contributed by atoms with van der Waals surface area (Å²) in [6.45, 7) is 0.697. The second-order valence-corrected chi connectivity index (χ2v) is 5.76. The number of aliphatic carboxylic acids is 1. The molecule has 1 N–H and O–H groups in total. The largest absolute Gasteiger partial charge is 0.481 e. The first-order chi connectivity index (χ1) is 9.58. The molecule has 1 atom stereocenters. The van der Waals surface area contributed by atoms with Crippen LogP contribution in [0.1, 0.15) is 42.5 Å². The van der Waals surface area contributed by atoms with Gasteiger partial charge < -0.3 is 10.0 Å². The molecular weight excluding hydrogens is 324 g/mol. The van der Waals surface area contributed by atoms with Gasteiger partial charge in [-0.1, -0.05) is 0 Å². The predicted molar refractivity (Wildman–Crippen MR) is 77.5 cm³/mol. The molecule has 108 valence electrons. The second kappa shape index (κ2) is 6.83. The van der Waals surface area contributed by atoms with Crippen LogP contribution in [0.5, 0.6) is 0 Å². The van der Waals surface area contributed by atoms with E-state index in [0.29, 0.717) is 23.1 Å². The first kappa shape index (κ1) is 15.0. The monoisotopic (exact) mass is 340 g/mol. The van der Waals surface area contributed by atoms with E-state index in [0.717, 1.165) is 19.3 Å². The van der Waals surface area contributed by atoms with E-state index >= 15 is 0 Å². The van der Waals surface area contributed by atoms with E-state index in [9.17, 15) is 9.59 Å². The molecule has 1 amide bonds. The maximum absolute atomic E-state index is 12.5. The summed E-state index contributed by atoms with van der Waals surface area (Å²) < 4.78 is 0.627. The van der Waals surface area contributed by atoms with Crippen LogP contribution in [0.15, 0.2) is 22.9 Å². The number of nitrogens with zero attached hydrogens (tertiary/aromatic N) is 2. The van der Waals surface area contributed by atoms with Crippen molar-refractivity contribution in [2.24, 2.45) is 0 Å². The Morgan fingerprint density at radius 3 is 2.95 bits per heavy atom. The third-order valence-electron chi connectivity index (χ3n) is 3.55. The van der Waals surface area contributed by atoms with Gasteiger partial charge in [-0.3, -0.25) is 9.59 Å². The lowest BCUT2D eigenvalue weighted by atomic mass is 9.97. The summed E-state index contributed by atoms with van der Waals surface area (Å²) in [6, 6.07) is 3.42. The molecule has 0 saturated carbocycles. The van der Waals surface area contributed by atoms with Crippen molar-refractivity contribution in [3.8, 4) is 0 Å². The predicted octanol–water partition coefficient (Wildman–Crippen LogP) is 2.70. The Bertz CT molecular complexity index is 507. The highest BCUT2D eigenvalue weighted by Gasteiger charge is 2.27. The molecule has 0 aromatic carbocycles. The number of aromatic nitrogens is 1. The van der Waals surface area contributed by atoms with Crippen molar-refractivity contribution < 1.29 is 14.7 Å². The molecule has 2 rings (SSSR count). The van der Waals surface area contributed by atoms with Crippen LogP contribution in [0, 0.1) is 0 Å². The molecule has 1 aliphatic rings. The van der Waals surface area contributed by atoms with Gasteiger partial charge >= 0.3 is 5.97 Å². The van der Waals surface area contributed by atoms with E-state index in [2.05, 4.69) is 20.9 Å². The fraction of sp³-hybridized carbons (Fsp3) is 0.500. The summed E-state index contributed by atoms with van der Waals surface area (Å²) in [7, 11) is 0. The van der Waals surface area contributed by atoms with Crippen LogP contribution in [-0.4, -0.2) is 39.5 Å². The van der Waals surface area contributed by atoms with Gasteiger partial charge in [-0.2, -0.15) is 0 Å². The molecule has 1 aromatic heterocycles. The van der Waals surface area contributed by atoms with Crippen LogP contribution in [-0.2, 0) is 4.79 Å². The number of rotatable bonds is 4. The number of amides is 1. The van der Waals surface area contributed by atoms with Gasteiger partial charge in [0.15, 0.2) is 0 Å². The zero-order valence-corrected chi connectivity index (χ0v) is 12.7. The summed E-state index contributed by atoms with van der Waals surface area (Å²) in [5.41, 5.74) is 0.592. The second-order valence-electron chi connectivity index (χ2n) is 4.95. The average Bonchev–Trinajstić information content (AvgIpc) is 2.44. The van der Waals surface area contributed by atoms with Gasteiger partial charge in [-0.25, -0.2) is 4.98 Å². The van der Waals surface area contributed by atoms with E-state index in [4.69, 9.17) is 5.11 Å². The average molecular weight is 341 g/mol. The topological polar surface area (TPSA) is 70.5 Å². The van der Waals surface area contributed by atoms with Crippen molar-refractivity contribution in [1.29, 1.82) is 0 Å². The standard InChI is InChI=1S/C14H17BrN2O3/c15-12-9-10(6-7-16-12)14(20)17-8-2-1-3-11(17)4-5-13(18)19/h6-7,9,11H,1-5,8H2,(H,18,19). The molecule has 0 bridgehead atoms. The first-order valence-electron chi connectivity index (χ1n) is 6.72. The van der Waals surface area contributed by atoms with Gasteiger partial charge in [0, 0.05) is 30.8 Å². The van der Waals surface area contributed by atoms with Gasteiger partial charge in [-0.05, 0) is 53.7 Å². The number of carbonyl (C=O) groups excluding carboxylic acids is 1. The SMILES string of the molecule is O=C(O)CCC1CCCCN1C(=O)c1ccnc(Br)c1. The highest BCUT2D eigenvalue weighted by atomic mass is 79.9. The Hall–Kier alpha value is -1.43. The van der Waals surface area contributed by atoms with Crippen LogP contribution >= 0.6 is 15.9 Å². The molecule has 1 aliphatic heterocycles. The maximum Gasteiger partial charge on any atom is 0.303 e. The summed E-state index contributed by atoms with van der Waals surface area (Å²) in [5.74, 6) is -0.849. The zero-order valence-electron chi connectivity index (χ0n) is 11.1. The van der Waals surface area contributed by atoms with E-state index in [1.165, 1.54) is 0 Å². The molecule has 0 aliphatic carbocycles. The minimum Gasteiger partial charge on any atom is -0.481 e. The van der Waals surface area contributed by atoms with Crippen LogP contribution < -0.4 is 0 Å². The number of piperidine rings is 1. The minimum absolute atomic E-state index is 0.0271. The van der Waals surface area contributed by atoms with Crippen LogP contribution in [0.25, 0.3) is 0 Å². The smallest absolute Gasteiger partial charge is 0.303 e. The lowest BCUT2D eigenvalue weighted by Gasteiger charge is -2.35. The lowest BCUT2D eigenvalue weighted by molar-refractivity contribution is -0.137. The Labute approximate surface area is 126 Å². The van der Waals surface area contributed by atoms with Crippen molar-refractivity contribution in [3.63, 3.8) is 0 Å². The van der Waals surface area contributed by atoms with Crippen molar-refractivity contribution >= 4 is 27.8 Å². The third-order valence-corrected chi connectivity index (χ3v) is 3.99. The fourth-order valence-corrected chi connectivity index (χ4v) is 2.92.